The standard InChI is InChI=1S/C23H24F2O4/c1-27-21(26)7-5-15-4-6-19(12-20(15)25)28-14-17-11-18(24)10-16-13-23(29-22(16)17)8-2-3-9-23/h4,6,10-12H,2-3,5,7-9,13-14H2,1H3. The second-order valence-corrected chi connectivity index (χ2v) is 7.84. The van der Waals surface area contributed by atoms with Crippen molar-refractivity contribution in [1.29, 1.82) is 0 Å². The average Bonchev–Trinajstić information content (AvgIpc) is 3.31. The highest BCUT2D eigenvalue weighted by molar-refractivity contribution is 5.69. The molecule has 4 rings (SSSR count). The second-order valence-electron chi connectivity index (χ2n) is 7.84. The van der Waals surface area contributed by atoms with Crippen LogP contribution in [0.1, 0.15) is 48.8 Å². The van der Waals surface area contributed by atoms with Crippen molar-refractivity contribution in [2.75, 3.05) is 7.11 Å². The summed E-state index contributed by atoms with van der Waals surface area (Å²) in [5.74, 6) is -0.0912. The number of hydrogen-bond donors (Lipinski definition) is 0. The van der Waals surface area contributed by atoms with E-state index in [0.717, 1.165) is 37.7 Å². The first-order valence-corrected chi connectivity index (χ1v) is 9.96. The van der Waals surface area contributed by atoms with E-state index in [1.54, 1.807) is 18.2 Å². The van der Waals surface area contributed by atoms with Gasteiger partial charge in [-0.3, -0.25) is 4.79 Å². The smallest absolute Gasteiger partial charge is 0.305 e. The molecule has 0 radical (unpaired) electrons. The van der Waals surface area contributed by atoms with Crippen molar-refractivity contribution in [1.82, 2.24) is 0 Å². The van der Waals surface area contributed by atoms with Crippen LogP contribution in [-0.4, -0.2) is 18.7 Å². The summed E-state index contributed by atoms with van der Waals surface area (Å²) in [6.45, 7) is 0.0944. The van der Waals surface area contributed by atoms with Gasteiger partial charge in [0.25, 0.3) is 0 Å². The fraction of sp³-hybridized carbons (Fsp3) is 0.435. The fourth-order valence-electron chi connectivity index (χ4n) is 4.30. The minimum absolute atomic E-state index is 0.0944. The second kappa shape index (κ2) is 8.01. The maximum Gasteiger partial charge on any atom is 0.305 e. The van der Waals surface area contributed by atoms with Crippen LogP contribution in [-0.2, 0) is 29.0 Å². The number of fused-ring (bicyclic) bond motifs is 1. The van der Waals surface area contributed by atoms with Crippen LogP contribution in [0.5, 0.6) is 11.5 Å². The highest BCUT2D eigenvalue weighted by atomic mass is 19.1. The number of benzene rings is 2. The molecule has 1 heterocycles. The van der Waals surface area contributed by atoms with Gasteiger partial charge in [-0.15, -0.1) is 0 Å². The third-order valence-corrected chi connectivity index (χ3v) is 5.80. The van der Waals surface area contributed by atoms with Crippen LogP contribution in [0.2, 0.25) is 0 Å². The quantitative estimate of drug-likeness (QED) is 0.645. The molecule has 2 aromatic rings. The summed E-state index contributed by atoms with van der Waals surface area (Å²) in [4.78, 5) is 11.2. The van der Waals surface area contributed by atoms with Crippen LogP contribution < -0.4 is 9.47 Å². The summed E-state index contributed by atoms with van der Waals surface area (Å²) in [6.07, 6.45) is 5.34. The first-order valence-electron chi connectivity index (χ1n) is 9.96. The molecule has 6 heteroatoms. The van der Waals surface area contributed by atoms with Crippen molar-refractivity contribution in [2.24, 2.45) is 0 Å². The van der Waals surface area contributed by atoms with Gasteiger partial charge in [0.2, 0.25) is 0 Å². The number of carbonyl (C=O) groups is 1. The number of ether oxygens (including phenoxy) is 3. The van der Waals surface area contributed by atoms with Gasteiger partial charge in [-0.2, -0.15) is 0 Å². The van der Waals surface area contributed by atoms with Crippen LogP contribution in [0.25, 0.3) is 0 Å². The topological polar surface area (TPSA) is 44.8 Å². The molecule has 2 aliphatic rings. The third-order valence-electron chi connectivity index (χ3n) is 5.80. The Labute approximate surface area is 168 Å². The molecule has 1 saturated carbocycles. The maximum absolute atomic E-state index is 14.3. The Kier molecular flexibility index (Phi) is 5.43. The van der Waals surface area contributed by atoms with Crippen LogP contribution >= 0.6 is 0 Å². The van der Waals surface area contributed by atoms with Gasteiger partial charge in [0.15, 0.2) is 0 Å². The molecule has 1 aliphatic heterocycles. The number of halogens is 2. The monoisotopic (exact) mass is 402 g/mol. The number of aryl methyl sites for hydroxylation is 1. The highest BCUT2D eigenvalue weighted by Crippen LogP contribution is 2.46. The summed E-state index contributed by atoms with van der Waals surface area (Å²) in [5.41, 5.74) is 1.74. The molecular formula is C23H24F2O4. The fourth-order valence-corrected chi connectivity index (χ4v) is 4.30. The zero-order chi connectivity index (χ0) is 20.4. The van der Waals surface area contributed by atoms with E-state index in [-0.39, 0.29) is 36.8 Å². The van der Waals surface area contributed by atoms with Crippen molar-refractivity contribution in [3.63, 3.8) is 0 Å². The van der Waals surface area contributed by atoms with Crippen molar-refractivity contribution in [3.8, 4) is 11.5 Å². The van der Waals surface area contributed by atoms with Gasteiger partial charge in [-0.25, -0.2) is 8.78 Å². The average molecular weight is 402 g/mol. The molecule has 1 aliphatic carbocycles. The van der Waals surface area contributed by atoms with Gasteiger partial charge in [-0.1, -0.05) is 6.07 Å². The molecule has 4 nitrogen and oxygen atoms in total. The SMILES string of the molecule is COC(=O)CCc1ccc(OCc2cc(F)cc3c2OC2(CCCC2)C3)cc1F. The summed E-state index contributed by atoms with van der Waals surface area (Å²) >= 11 is 0. The Balaban J connectivity index is 1.45. The molecule has 0 amide bonds. The molecule has 0 bridgehead atoms. The summed E-state index contributed by atoms with van der Waals surface area (Å²) < 4.78 is 45.0. The minimum Gasteiger partial charge on any atom is -0.489 e. The van der Waals surface area contributed by atoms with Crippen LogP contribution in [0, 0.1) is 11.6 Å². The van der Waals surface area contributed by atoms with E-state index in [4.69, 9.17) is 9.47 Å². The Morgan fingerprint density at radius 1 is 1.14 bits per heavy atom. The number of esters is 1. The van der Waals surface area contributed by atoms with Gasteiger partial charge in [0.1, 0.15) is 35.3 Å². The Hall–Kier alpha value is -2.63. The van der Waals surface area contributed by atoms with Gasteiger partial charge in [0.05, 0.1) is 7.11 Å². The predicted octanol–water partition coefficient (Wildman–Crippen LogP) is 4.90. The zero-order valence-electron chi connectivity index (χ0n) is 16.4. The first-order chi connectivity index (χ1) is 14.0. The molecule has 0 saturated heterocycles. The zero-order valence-corrected chi connectivity index (χ0v) is 16.4. The lowest BCUT2D eigenvalue weighted by Crippen LogP contribution is -2.30. The van der Waals surface area contributed by atoms with E-state index >= 15 is 0 Å². The van der Waals surface area contributed by atoms with E-state index in [9.17, 15) is 13.6 Å². The Morgan fingerprint density at radius 3 is 2.66 bits per heavy atom. The van der Waals surface area contributed by atoms with Gasteiger partial charge in [0, 0.05) is 30.0 Å². The molecule has 1 spiro atoms. The van der Waals surface area contributed by atoms with Crippen molar-refractivity contribution in [3.05, 3.63) is 58.7 Å². The highest BCUT2D eigenvalue weighted by Gasteiger charge is 2.42. The Morgan fingerprint density at radius 2 is 1.93 bits per heavy atom. The van der Waals surface area contributed by atoms with Crippen molar-refractivity contribution in [2.45, 2.75) is 57.2 Å². The largest absolute Gasteiger partial charge is 0.489 e. The number of rotatable bonds is 6. The van der Waals surface area contributed by atoms with Crippen LogP contribution in [0.3, 0.4) is 0 Å². The normalized spacial score (nSPS) is 16.5. The molecule has 0 atom stereocenters. The Bertz CT molecular complexity index is 919. The minimum atomic E-state index is -0.447. The van der Waals surface area contributed by atoms with E-state index in [1.807, 2.05) is 0 Å². The molecule has 154 valence electrons. The lowest BCUT2D eigenvalue weighted by atomic mass is 9.95. The number of carbonyl (C=O) groups excluding carboxylic acids is 1. The molecule has 1 fully saturated rings. The molecule has 0 N–H and O–H groups in total. The first kappa shape index (κ1) is 19.7. The molecule has 0 aromatic heterocycles. The third kappa shape index (κ3) is 4.21. The summed E-state index contributed by atoms with van der Waals surface area (Å²) in [6, 6.07) is 7.49. The van der Waals surface area contributed by atoms with E-state index in [1.165, 1.54) is 19.2 Å². The van der Waals surface area contributed by atoms with E-state index in [2.05, 4.69) is 4.74 Å². The van der Waals surface area contributed by atoms with Crippen LogP contribution in [0.15, 0.2) is 30.3 Å². The molecule has 2 aromatic carbocycles. The van der Waals surface area contributed by atoms with Crippen molar-refractivity contribution >= 4 is 5.97 Å². The van der Waals surface area contributed by atoms with Gasteiger partial charge >= 0.3 is 5.97 Å². The van der Waals surface area contributed by atoms with E-state index in [0.29, 0.717) is 22.6 Å². The van der Waals surface area contributed by atoms with Crippen molar-refractivity contribution < 1.29 is 27.8 Å². The van der Waals surface area contributed by atoms with Crippen LogP contribution in [0.4, 0.5) is 8.78 Å². The molecular weight excluding hydrogens is 378 g/mol. The molecule has 0 unspecified atom stereocenters. The molecule has 29 heavy (non-hydrogen) atoms. The predicted molar refractivity (Wildman–Crippen MR) is 103 cm³/mol. The number of methoxy groups -OCH3 is 1. The van der Waals surface area contributed by atoms with E-state index < -0.39 is 5.82 Å². The lowest BCUT2D eigenvalue weighted by Gasteiger charge is -2.23. The summed E-state index contributed by atoms with van der Waals surface area (Å²) in [5, 5.41) is 0. The maximum atomic E-state index is 14.3. The lowest BCUT2D eigenvalue weighted by molar-refractivity contribution is -0.140. The van der Waals surface area contributed by atoms with Gasteiger partial charge < -0.3 is 14.2 Å². The summed E-state index contributed by atoms with van der Waals surface area (Å²) in [7, 11) is 1.30. The van der Waals surface area contributed by atoms with Gasteiger partial charge in [-0.05, 0) is 55.9 Å². The number of hydrogen-bond acceptors (Lipinski definition) is 4.